The third-order valence-electron chi connectivity index (χ3n) is 4.25. The van der Waals surface area contributed by atoms with Gasteiger partial charge in [-0.15, -0.1) is 0 Å². The summed E-state index contributed by atoms with van der Waals surface area (Å²) in [5.74, 6) is 1.20. The van der Waals surface area contributed by atoms with E-state index in [4.69, 9.17) is 4.65 Å². The summed E-state index contributed by atoms with van der Waals surface area (Å²) < 4.78 is 6.03. The van der Waals surface area contributed by atoms with Crippen LogP contribution in [0.3, 0.4) is 0 Å². The van der Waals surface area contributed by atoms with Crippen molar-refractivity contribution in [3.63, 3.8) is 0 Å². The minimum atomic E-state index is -0.0300. The predicted octanol–water partition coefficient (Wildman–Crippen LogP) is 1.34. The molecule has 0 aromatic rings. The molecule has 0 bridgehead atoms. The van der Waals surface area contributed by atoms with Gasteiger partial charge >= 0.3 is 6.92 Å². The highest BCUT2D eigenvalue weighted by molar-refractivity contribution is 6.53. The van der Waals surface area contributed by atoms with E-state index >= 15 is 0 Å². The number of carbonyl (C=O) groups excluding carboxylic acids is 1. The molecule has 104 valence electrons. The smallest absolute Gasteiger partial charge is 0.313 e. The van der Waals surface area contributed by atoms with Gasteiger partial charge in [-0.25, -0.2) is 0 Å². The summed E-state index contributed by atoms with van der Waals surface area (Å²) in [6, 6.07) is 0. The first-order valence-electron chi connectivity index (χ1n) is 7.00. The topological polar surface area (TPSA) is 58.6 Å². The van der Waals surface area contributed by atoms with Gasteiger partial charge < -0.3 is 15.1 Å². The third-order valence-corrected chi connectivity index (χ3v) is 4.25. The molecule has 1 heterocycles. The zero-order chi connectivity index (χ0) is 13.7. The van der Waals surface area contributed by atoms with Crippen molar-refractivity contribution in [3.8, 4) is 0 Å². The molecular weight excluding hydrogens is 229 g/mol. The van der Waals surface area contributed by atoms with Gasteiger partial charge in [0.2, 0.25) is 5.91 Å². The summed E-state index contributed by atoms with van der Waals surface area (Å²) in [4.78, 5) is 10.9. The van der Waals surface area contributed by atoms with Crippen molar-refractivity contribution >= 4 is 12.8 Å². The molecule has 1 aliphatic heterocycles. The summed E-state index contributed by atoms with van der Waals surface area (Å²) in [5.41, 5.74) is 0. The van der Waals surface area contributed by atoms with Crippen LogP contribution in [0.4, 0.5) is 0 Å². The molecule has 4 atom stereocenters. The van der Waals surface area contributed by atoms with Gasteiger partial charge in [-0.1, -0.05) is 27.2 Å². The first kappa shape index (κ1) is 15.5. The van der Waals surface area contributed by atoms with Gasteiger partial charge in [-0.05, 0) is 18.2 Å². The molecule has 4 unspecified atom stereocenters. The molecule has 1 fully saturated rings. The molecular formula is C13H26BNO3. The van der Waals surface area contributed by atoms with E-state index in [1.165, 1.54) is 6.92 Å². The minimum Gasteiger partial charge on any atom is -0.431 e. The van der Waals surface area contributed by atoms with E-state index < -0.39 is 0 Å². The largest absolute Gasteiger partial charge is 0.431 e. The number of aliphatic hydroxyl groups is 1. The van der Waals surface area contributed by atoms with Gasteiger partial charge in [0, 0.05) is 32.0 Å². The SMILES string of the molecule is CCC(C)C(C)C1OB(CNC(C)=O)CC1CO. The van der Waals surface area contributed by atoms with E-state index in [9.17, 15) is 9.90 Å². The average molecular weight is 255 g/mol. The number of rotatable bonds is 6. The fourth-order valence-corrected chi connectivity index (χ4v) is 2.68. The fourth-order valence-electron chi connectivity index (χ4n) is 2.68. The standard InChI is InChI=1S/C13H26BNO3/c1-5-9(2)10(3)13-12(7-16)6-14(18-13)8-15-11(4)17/h9-10,12-13,16H,5-8H2,1-4H3,(H,15,17). The van der Waals surface area contributed by atoms with E-state index in [1.54, 1.807) is 0 Å². The summed E-state index contributed by atoms with van der Waals surface area (Å²) in [7, 11) is 0. The molecule has 0 aromatic carbocycles. The molecule has 18 heavy (non-hydrogen) atoms. The maximum atomic E-state index is 10.9. The van der Waals surface area contributed by atoms with E-state index in [0.29, 0.717) is 18.3 Å². The Labute approximate surface area is 111 Å². The highest BCUT2D eigenvalue weighted by Gasteiger charge is 2.41. The number of nitrogens with one attached hydrogen (secondary N) is 1. The zero-order valence-electron chi connectivity index (χ0n) is 12.0. The van der Waals surface area contributed by atoms with Crippen molar-refractivity contribution in [2.24, 2.45) is 17.8 Å². The Hall–Kier alpha value is -0.545. The van der Waals surface area contributed by atoms with Gasteiger partial charge in [0.05, 0.1) is 0 Å². The molecule has 5 heteroatoms. The van der Waals surface area contributed by atoms with Crippen molar-refractivity contribution in [2.75, 3.05) is 13.1 Å². The molecule has 0 radical (unpaired) electrons. The molecule has 1 saturated heterocycles. The van der Waals surface area contributed by atoms with E-state index in [-0.39, 0.29) is 31.5 Å². The van der Waals surface area contributed by atoms with Crippen LogP contribution in [-0.2, 0) is 9.45 Å². The first-order chi connectivity index (χ1) is 8.49. The third kappa shape index (κ3) is 3.99. The molecule has 1 aliphatic rings. The molecule has 2 N–H and O–H groups in total. The number of carbonyl (C=O) groups is 1. The number of amides is 1. The second-order valence-electron chi connectivity index (χ2n) is 5.58. The fraction of sp³-hybridized carbons (Fsp3) is 0.923. The van der Waals surface area contributed by atoms with Crippen LogP contribution in [0, 0.1) is 17.8 Å². The van der Waals surface area contributed by atoms with E-state index in [0.717, 1.165) is 12.7 Å². The van der Waals surface area contributed by atoms with Crippen LogP contribution in [-0.4, -0.2) is 37.1 Å². The lowest BCUT2D eigenvalue weighted by molar-refractivity contribution is -0.118. The Kier molecular flexibility index (Phi) is 6.16. The van der Waals surface area contributed by atoms with Gasteiger partial charge in [0.15, 0.2) is 0 Å². The van der Waals surface area contributed by atoms with Crippen molar-refractivity contribution in [2.45, 2.75) is 46.5 Å². The van der Waals surface area contributed by atoms with Gasteiger partial charge in [-0.3, -0.25) is 4.79 Å². The molecule has 0 saturated carbocycles. The summed E-state index contributed by atoms with van der Waals surface area (Å²) in [6.07, 6.45) is 2.62. The summed E-state index contributed by atoms with van der Waals surface area (Å²) in [5, 5.41) is 12.3. The minimum absolute atomic E-state index is 0.0300. The predicted molar refractivity (Wildman–Crippen MR) is 73.3 cm³/mol. The highest BCUT2D eigenvalue weighted by atomic mass is 16.5. The second kappa shape index (κ2) is 7.14. The number of hydrogen-bond acceptors (Lipinski definition) is 3. The monoisotopic (exact) mass is 255 g/mol. The summed E-state index contributed by atoms with van der Waals surface area (Å²) in [6.45, 7) is 8.33. The Morgan fingerprint density at radius 2 is 2.22 bits per heavy atom. The lowest BCUT2D eigenvalue weighted by Gasteiger charge is -2.29. The maximum absolute atomic E-state index is 10.9. The molecule has 0 aromatic heterocycles. The zero-order valence-corrected chi connectivity index (χ0v) is 12.0. The van der Waals surface area contributed by atoms with Crippen LogP contribution in [0.15, 0.2) is 0 Å². The number of hydrogen-bond donors (Lipinski definition) is 2. The number of aliphatic hydroxyl groups excluding tert-OH is 1. The van der Waals surface area contributed by atoms with Crippen molar-refractivity contribution in [3.05, 3.63) is 0 Å². The highest BCUT2D eigenvalue weighted by Crippen LogP contribution is 2.34. The Balaban J connectivity index is 2.54. The molecule has 4 nitrogen and oxygen atoms in total. The van der Waals surface area contributed by atoms with Crippen LogP contribution in [0.1, 0.15) is 34.1 Å². The molecule has 1 rings (SSSR count). The van der Waals surface area contributed by atoms with Crippen LogP contribution in [0.2, 0.25) is 6.32 Å². The van der Waals surface area contributed by atoms with E-state index in [1.807, 2.05) is 0 Å². The summed E-state index contributed by atoms with van der Waals surface area (Å²) >= 11 is 0. The Morgan fingerprint density at radius 3 is 2.72 bits per heavy atom. The first-order valence-corrected chi connectivity index (χ1v) is 7.00. The Morgan fingerprint density at radius 1 is 1.56 bits per heavy atom. The quantitative estimate of drug-likeness (QED) is 0.704. The van der Waals surface area contributed by atoms with Crippen molar-refractivity contribution in [1.29, 1.82) is 0 Å². The molecule has 1 amide bonds. The average Bonchev–Trinajstić information content (AvgIpc) is 2.77. The van der Waals surface area contributed by atoms with Gasteiger partial charge in [-0.2, -0.15) is 0 Å². The van der Waals surface area contributed by atoms with Crippen LogP contribution >= 0.6 is 0 Å². The maximum Gasteiger partial charge on any atom is 0.313 e. The van der Waals surface area contributed by atoms with Crippen molar-refractivity contribution in [1.82, 2.24) is 5.32 Å². The van der Waals surface area contributed by atoms with Crippen LogP contribution in [0.5, 0.6) is 0 Å². The van der Waals surface area contributed by atoms with Crippen LogP contribution in [0.25, 0.3) is 0 Å². The molecule has 0 spiro atoms. The van der Waals surface area contributed by atoms with Gasteiger partial charge in [0.1, 0.15) is 0 Å². The van der Waals surface area contributed by atoms with E-state index in [2.05, 4.69) is 26.1 Å². The Bertz CT molecular complexity index is 275. The normalized spacial score (nSPS) is 27.1. The lowest BCUT2D eigenvalue weighted by Crippen LogP contribution is -2.35. The van der Waals surface area contributed by atoms with Crippen molar-refractivity contribution < 1.29 is 14.6 Å². The molecule has 0 aliphatic carbocycles. The lowest BCUT2D eigenvalue weighted by atomic mass is 9.63. The van der Waals surface area contributed by atoms with Gasteiger partial charge in [0.25, 0.3) is 0 Å². The second-order valence-corrected chi connectivity index (χ2v) is 5.58. The van der Waals surface area contributed by atoms with Crippen LogP contribution < -0.4 is 5.32 Å².